The highest BCUT2D eigenvalue weighted by Gasteiger charge is 2.22. The highest BCUT2D eigenvalue weighted by Crippen LogP contribution is 2.48. The number of hydrogen-bond acceptors (Lipinski definition) is 5. The number of para-hydroxylation sites is 2. The largest absolute Gasteiger partial charge is 0.309 e. The van der Waals surface area contributed by atoms with Crippen LogP contribution in [0.1, 0.15) is 0 Å². The third kappa shape index (κ3) is 5.15. The molecular formula is C51H30N4S2. The molecule has 0 N–H and O–H groups in total. The second-order valence-corrected chi connectivity index (χ2v) is 16.5. The van der Waals surface area contributed by atoms with E-state index in [4.69, 9.17) is 15.0 Å². The van der Waals surface area contributed by atoms with Crippen molar-refractivity contribution in [2.75, 3.05) is 0 Å². The lowest BCUT2D eigenvalue weighted by Crippen LogP contribution is -2.01. The van der Waals surface area contributed by atoms with Gasteiger partial charge >= 0.3 is 0 Å². The first-order chi connectivity index (χ1) is 28.2. The number of nitrogens with zero attached hydrogens (tertiary/aromatic N) is 4. The Labute approximate surface area is 335 Å². The molecule has 57 heavy (non-hydrogen) atoms. The molecule has 0 aliphatic rings. The topological polar surface area (TPSA) is 43.6 Å². The van der Waals surface area contributed by atoms with Gasteiger partial charge in [-0.05, 0) is 59.7 Å². The van der Waals surface area contributed by atoms with Gasteiger partial charge in [-0.25, -0.2) is 15.0 Å². The maximum absolute atomic E-state index is 5.38. The predicted molar refractivity (Wildman–Crippen MR) is 242 cm³/mol. The van der Waals surface area contributed by atoms with E-state index in [1.807, 2.05) is 46.9 Å². The van der Waals surface area contributed by atoms with Gasteiger partial charge in [-0.2, -0.15) is 0 Å². The molecule has 0 unspecified atom stereocenters. The Kier molecular flexibility index (Phi) is 7.24. The number of benzene rings is 8. The van der Waals surface area contributed by atoms with E-state index in [9.17, 15) is 0 Å². The summed E-state index contributed by atoms with van der Waals surface area (Å²) in [5.41, 5.74) is 8.52. The van der Waals surface area contributed by atoms with E-state index in [0.717, 1.165) is 49.2 Å². The van der Waals surface area contributed by atoms with Gasteiger partial charge in [-0.1, -0.05) is 133 Å². The van der Waals surface area contributed by atoms with Crippen molar-refractivity contribution >= 4 is 84.8 Å². The minimum absolute atomic E-state index is 0.638. The van der Waals surface area contributed by atoms with Crippen LogP contribution in [0.2, 0.25) is 0 Å². The molecule has 4 aromatic heterocycles. The highest BCUT2D eigenvalue weighted by molar-refractivity contribution is 7.28. The summed E-state index contributed by atoms with van der Waals surface area (Å²) in [5.74, 6) is 1.93. The van der Waals surface area contributed by atoms with Crippen LogP contribution in [-0.4, -0.2) is 19.5 Å². The lowest BCUT2D eigenvalue weighted by atomic mass is 10.0. The zero-order valence-electron chi connectivity index (χ0n) is 30.4. The quantitative estimate of drug-likeness (QED) is 0.175. The molecule has 4 heterocycles. The first kappa shape index (κ1) is 32.3. The van der Waals surface area contributed by atoms with Crippen molar-refractivity contribution < 1.29 is 0 Å². The molecule has 0 atom stereocenters. The molecule has 6 heteroatoms. The number of hydrogen-bond donors (Lipinski definition) is 0. The van der Waals surface area contributed by atoms with E-state index in [2.05, 4.69) is 162 Å². The molecule has 0 saturated carbocycles. The van der Waals surface area contributed by atoms with Gasteiger partial charge in [0.05, 0.1) is 11.0 Å². The van der Waals surface area contributed by atoms with Crippen LogP contribution in [0, 0.1) is 0 Å². The van der Waals surface area contributed by atoms with Crippen LogP contribution in [0.25, 0.3) is 113 Å². The minimum atomic E-state index is 0.638. The molecule has 12 rings (SSSR count). The van der Waals surface area contributed by atoms with Crippen molar-refractivity contribution in [1.29, 1.82) is 0 Å². The minimum Gasteiger partial charge on any atom is -0.309 e. The Morgan fingerprint density at radius 3 is 1.63 bits per heavy atom. The maximum atomic E-state index is 5.38. The molecule has 0 spiro atoms. The van der Waals surface area contributed by atoms with Gasteiger partial charge < -0.3 is 4.57 Å². The number of aromatic nitrogens is 4. The van der Waals surface area contributed by atoms with Crippen LogP contribution in [0.4, 0.5) is 0 Å². The average Bonchev–Trinajstić information content (AvgIpc) is 3.96. The lowest BCUT2D eigenvalue weighted by Gasteiger charge is -2.13. The molecule has 266 valence electrons. The average molecular weight is 763 g/mol. The van der Waals surface area contributed by atoms with Gasteiger partial charge in [0, 0.05) is 73.5 Å². The van der Waals surface area contributed by atoms with Crippen LogP contribution >= 0.6 is 22.7 Å². The molecule has 12 aromatic rings. The van der Waals surface area contributed by atoms with Crippen molar-refractivity contribution in [3.8, 4) is 51.0 Å². The van der Waals surface area contributed by atoms with E-state index in [1.54, 1.807) is 0 Å². The summed E-state index contributed by atoms with van der Waals surface area (Å²) in [7, 11) is 0. The molecule has 0 saturated heterocycles. The van der Waals surface area contributed by atoms with E-state index < -0.39 is 0 Å². The summed E-state index contributed by atoms with van der Waals surface area (Å²) in [5, 5.41) is 7.53. The van der Waals surface area contributed by atoms with Crippen LogP contribution < -0.4 is 0 Å². The molecule has 0 amide bonds. The summed E-state index contributed by atoms with van der Waals surface area (Å²) in [6, 6.07) is 64.7. The fraction of sp³-hybridized carbons (Fsp3) is 0. The highest BCUT2D eigenvalue weighted by atomic mass is 32.1. The molecular weight excluding hydrogens is 733 g/mol. The van der Waals surface area contributed by atoms with Gasteiger partial charge in [0.1, 0.15) is 0 Å². The molecule has 8 aromatic carbocycles. The molecule has 0 aliphatic heterocycles. The Morgan fingerprint density at radius 1 is 0.351 bits per heavy atom. The first-order valence-electron chi connectivity index (χ1n) is 19.0. The zero-order chi connectivity index (χ0) is 37.5. The van der Waals surface area contributed by atoms with Crippen molar-refractivity contribution in [2.45, 2.75) is 0 Å². The van der Waals surface area contributed by atoms with Crippen molar-refractivity contribution in [2.24, 2.45) is 0 Å². The lowest BCUT2D eigenvalue weighted by molar-refractivity contribution is 1.07. The number of fused-ring (bicyclic) bond motifs is 10. The third-order valence-electron chi connectivity index (χ3n) is 11.0. The van der Waals surface area contributed by atoms with Crippen LogP contribution in [-0.2, 0) is 0 Å². The van der Waals surface area contributed by atoms with Crippen LogP contribution in [0.5, 0.6) is 0 Å². The third-order valence-corrected chi connectivity index (χ3v) is 13.4. The molecule has 0 aliphatic carbocycles. The summed E-state index contributed by atoms with van der Waals surface area (Å²) in [6.07, 6.45) is 0. The van der Waals surface area contributed by atoms with Crippen molar-refractivity contribution in [3.63, 3.8) is 0 Å². The van der Waals surface area contributed by atoms with Gasteiger partial charge in [0.2, 0.25) is 0 Å². The fourth-order valence-corrected chi connectivity index (χ4v) is 10.8. The standard InChI is InChI=1S/C51H30N4S2/c1-3-14-31(15-4-1)33-18-13-19-34(28-33)50-52-49(32-16-5-2-6-17-32)53-51(54-50)40-30-35(55-41-23-10-7-20-36(41)37-21-8-11-24-42(37)55)29-39-47-45(57-48(39)40)27-26-44-46(47)38-22-9-12-25-43(38)56-44/h1-30H. The van der Waals surface area contributed by atoms with E-state index in [-0.39, 0.29) is 0 Å². The molecule has 0 fully saturated rings. The molecule has 4 nitrogen and oxygen atoms in total. The van der Waals surface area contributed by atoms with Crippen molar-refractivity contribution in [1.82, 2.24) is 19.5 Å². The van der Waals surface area contributed by atoms with Gasteiger partial charge in [0.25, 0.3) is 0 Å². The maximum Gasteiger partial charge on any atom is 0.165 e. The number of rotatable bonds is 5. The normalized spacial score (nSPS) is 11.9. The zero-order valence-corrected chi connectivity index (χ0v) is 32.1. The fourth-order valence-electron chi connectivity index (χ4n) is 8.48. The van der Waals surface area contributed by atoms with E-state index in [1.165, 1.54) is 46.4 Å². The van der Waals surface area contributed by atoms with Gasteiger partial charge in [-0.3, -0.25) is 0 Å². The Balaban J connectivity index is 1.20. The molecule has 0 radical (unpaired) electrons. The SMILES string of the molecule is c1ccc(-c2cccc(-c3nc(-c4ccccc4)nc(-c4cc(-n5c6ccccc6c6ccccc65)cc5c4sc4ccc6sc7ccccc7c6c45)n3)c2)cc1. The second kappa shape index (κ2) is 12.8. The Bertz CT molecular complexity index is 3470. The Hall–Kier alpha value is -6.99. The Morgan fingerprint density at radius 2 is 0.895 bits per heavy atom. The second-order valence-electron chi connectivity index (χ2n) is 14.4. The summed E-state index contributed by atoms with van der Waals surface area (Å²) in [6.45, 7) is 0. The summed E-state index contributed by atoms with van der Waals surface area (Å²) < 4.78 is 7.40. The summed E-state index contributed by atoms with van der Waals surface area (Å²) >= 11 is 3.68. The molecule has 0 bridgehead atoms. The summed E-state index contributed by atoms with van der Waals surface area (Å²) in [4.78, 5) is 15.9. The smallest absolute Gasteiger partial charge is 0.165 e. The van der Waals surface area contributed by atoms with Gasteiger partial charge in [0.15, 0.2) is 17.5 Å². The van der Waals surface area contributed by atoms with Crippen molar-refractivity contribution in [3.05, 3.63) is 182 Å². The predicted octanol–water partition coefficient (Wildman–Crippen LogP) is 14.4. The van der Waals surface area contributed by atoms with Crippen LogP contribution in [0.3, 0.4) is 0 Å². The van der Waals surface area contributed by atoms with Crippen LogP contribution in [0.15, 0.2) is 182 Å². The van der Waals surface area contributed by atoms with E-state index in [0.29, 0.717) is 17.5 Å². The van der Waals surface area contributed by atoms with E-state index >= 15 is 0 Å². The van der Waals surface area contributed by atoms with Gasteiger partial charge in [-0.15, -0.1) is 22.7 Å². The monoisotopic (exact) mass is 762 g/mol. The first-order valence-corrected chi connectivity index (χ1v) is 20.7. The number of thiophene rings is 2.